The van der Waals surface area contributed by atoms with E-state index in [4.69, 9.17) is 11.6 Å². The van der Waals surface area contributed by atoms with Crippen LogP contribution in [0.25, 0.3) is 11.0 Å². The van der Waals surface area contributed by atoms with Crippen LogP contribution in [0.2, 0.25) is 17.2 Å². The fourth-order valence-corrected chi connectivity index (χ4v) is 3.88. The van der Waals surface area contributed by atoms with Crippen molar-refractivity contribution in [3.8, 4) is 5.97 Å². The number of rotatable bonds is 2. The smallest absolute Gasteiger partial charge is 0.274 e. The number of aromatic nitrogens is 2. The van der Waals surface area contributed by atoms with Crippen LogP contribution in [0.4, 0.5) is 5.69 Å². The summed E-state index contributed by atoms with van der Waals surface area (Å²) in [5.74, 6) is 3.65. The maximum atomic E-state index is 11.5. The number of H-pyrrole nitrogens is 1. The molecule has 1 N–H and O–H groups in total. The minimum absolute atomic E-state index is 0.173. The lowest BCUT2D eigenvalue weighted by Crippen LogP contribution is -2.42. The van der Waals surface area contributed by atoms with E-state index < -0.39 is 0 Å². The summed E-state index contributed by atoms with van der Waals surface area (Å²) in [4.78, 5) is 20.8. The molecule has 1 aliphatic carbocycles. The van der Waals surface area contributed by atoms with Crippen LogP contribution >= 0.6 is 11.6 Å². The van der Waals surface area contributed by atoms with Gasteiger partial charge in [-0.25, -0.2) is 10.2 Å². The number of nitrogens with one attached hydrogen (secondary N) is 1. The molecule has 1 aliphatic heterocycles. The van der Waals surface area contributed by atoms with Crippen molar-refractivity contribution in [2.75, 3.05) is 18.0 Å². The molecule has 2 aliphatic rings. The van der Waals surface area contributed by atoms with E-state index in [-0.39, 0.29) is 12.3 Å². The molecule has 0 bridgehead atoms. The number of halogens is 1. The number of aromatic amines is 1. The Morgan fingerprint density at radius 2 is 2.26 bits per heavy atom. The van der Waals surface area contributed by atoms with Gasteiger partial charge in [0, 0.05) is 30.5 Å². The minimum atomic E-state index is -0.244. The molecule has 1 atom stereocenters. The van der Waals surface area contributed by atoms with Crippen molar-refractivity contribution in [1.82, 2.24) is 9.97 Å². The van der Waals surface area contributed by atoms with E-state index in [0.717, 1.165) is 30.5 Å². The van der Waals surface area contributed by atoms with E-state index >= 15 is 0 Å². The summed E-state index contributed by atoms with van der Waals surface area (Å²) in [5.41, 5.74) is 1.27. The van der Waals surface area contributed by atoms with Crippen molar-refractivity contribution in [3.63, 3.8) is 0 Å². The Morgan fingerprint density at radius 3 is 3.00 bits per heavy atom. The van der Waals surface area contributed by atoms with E-state index in [9.17, 15) is 10.1 Å². The van der Waals surface area contributed by atoms with E-state index in [1.54, 1.807) is 6.20 Å². The van der Waals surface area contributed by atoms with Gasteiger partial charge in [-0.15, -0.1) is 0 Å². The van der Waals surface area contributed by atoms with Crippen LogP contribution in [0, 0.1) is 17.1 Å². The van der Waals surface area contributed by atoms with Gasteiger partial charge in [0.2, 0.25) is 0 Å². The second kappa shape index (κ2) is 5.57. The Hall–Kier alpha value is -2.00. The van der Waals surface area contributed by atoms with Crippen LogP contribution in [0.3, 0.4) is 0 Å². The number of anilines is 1. The first-order valence-electron chi connectivity index (χ1n) is 7.99. The van der Waals surface area contributed by atoms with Crippen molar-refractivity contribution in [2.24, 2.45) is 5.92 Å². The summed E-state index contributed by atoms with van der Waals surface area (Å²) in [6, 6.07) is 3.36. The molecule has 4 rings (SSSR count). The van der Waals surface area contributed by atoms with Crippen LogP contribution in [-0.4, -0.2) is 29.8 Å². The SMILES string of the molecule is N#CB1CCN(c2cnc3[nH]c(=O)cc(Cl)c3c2)CC1C1CC1. The Kier molecular flexibility index (Phi) is 3.54. The molecule has 23 heavy (non-hydrogen) atoms. The highest BCUT2D eigenvalue weighted by atomic mass is 35.5. The van der Waals surface area contributed by atoms with Crippen molar-refractivity contribution < 1.29 is 0 Å². The number of pyridine rings is 2. The summed E-state index contributed by atoms with van der Waals surface area (Å²) in [6.07, 6.45) is 5.18. The lowest BCUT2D eigenvalue weighted by molar-refractivity contribution is 0.644. The van der Waals surface area contributed by atoms with Gasteiger partial charge >= 0.3 is 0 Å². The monoisotopic (exact) mass is 326 g/mol. The second-order valence-electron chi connectivity index (χ2n) is 6.54. The summed E-state index contributed by atoms with van der Waals surface area (Å²) in [7, 11) is 0. The first-order valence-corrected chi connectivity index (χ1v) is 8.36. The maximum absolute atomic E-state index is 11.5. The molecule has 2 fully saturated rings. The van der Waals surface area contributed by atoms with Gasteiger partial charge in [-0.05, 0) is 24.1 Å². The maximum Gasteiger partial charge on any atom is 0.274 e. The van der Waals surface area contributed by atoms with Gasteiger partial charge in [-0.2, -0.15) is 0 Å². The molecular formula is C16H16BClN4O. The molecule has 1 saturated heterocycles. The van der Waals surface area contributed by atoms with Gasteiger partial charge in [-0.3, -0.25) is 4.79 Å². The zero-order valence-electron chi connectivity index (χ0n) is 12.6. The average molecular weight is 327 g/mol. The molecule has 5 nitrogen and oxygen atoms in total. The highest BCUT2D eigenvalue weighted by molar-refractivity contribution is 6.69. The second-order valence-corrected chi connectivity index (χ2v) is 6.95. The normalized spacial score (nSPS) is 21.5. The van der Waals surface area contributed by atoms with Gasteiger partial charge in [0.25, 0.3) is 12.3 Å². The highest BCUT2D eigenvalue weighted by Crippen LogP contribution is 2.45. The van der Waals surface area contributed by atoms with E-state index in [1.165, 1.54) is 18.9 Å². The zero-order valence-corrected chi connectivity index (χ0v) is 13.4. The lowest BCUT2D eigenvalue weighted by Gasteiger charge is -2.36. The fourth-order valence-electron chi connectivity index (χ4n) is 3.63. The van der Waals surface area contributed by atoms with Crippen LogP contribution < -0.4 is 10.5 Å². The Labute approximate surface area is 139 Å². The molecule has 116 valence electrons. The van der Waals surface area contributed by atoms with E-state index in [2.05, 4.69) is 20.8 Å². The number of hydrogen-bond donors (Lipinski definition) is 1. The van der Waals surface area contributed by atoms with Crippen LogP contribution in [0.15, 0.2) is 23.1 Å². The topological polar surface area (TPSA) is 72.8 Å². The van der Waals surface area contributed by atoms with E-state index in [0.29, 0.717) is 22.4 Å². The zero-order chi connectivity index (χ0) is 16.0. The Bertz CT molecular complexity index is 857. The van der Waals surface area contributed by atoms with Crippen molar-refractivity contribution in [1.29, 1.82) is 5.26 Å². The van der Waals surface area contributed by atoms with Crippen molar-refractivity contribution >= 4 is 35.0 Å². The predicted octanol–water partition coefficient (Wildman–Crippen LogP) is 2.73. The quantitative estimate of drug-likeness (QED) is 0.861. The summed E-state index contributed by atoms with van der Waals surface area (Å²) in [5, 5.41) is 10.5. The Balaban J connectivity index is 1.66. The highest BCUT2D eigenvalue weighted by Gasteiger charge is 2.42. The molecule has 2 aromatic rings. The molecule has 0 spiro atoms. The Morgan fingerprint density at radius 1 is 1.43 bits per heavy atom. The van der Waals surface area contributed by atoms with Gasteiger partial charge in [-0.1, -0.05) is 24.4 Å². The first-order chi connectivity index (χ1) is 11.2. The van der Waals surface area contributed by atoms with Gasteiger partial charge in [0.05, 0.1) is 16.9 Å². The molecule has 1 unspecified atom stereocenters. The van der Waals surface area contributed by atoms with Crippen molar-refractivity contribution in [3.05, 3.63) is 33.7 Å². The molecule has 7 heteroatoms. The summed E-state index contributed by atoms with van der Waals surface area (Å²) in [6.45, 7) is 1.93. The number of hydrogen-bond acceptors (Lipinski definition) is 4. The van der Waals surface area contributed by atoms with Crippen LogP contribution in [-0.2, 0) is 0 Å². The molecule has 2 aromatic heterocycles. The fraction of sp³-hybridized carbons (Fsp3) is 0.438. The number of nitrogens with zero attached hydrogens (tertiary/aromatic N) is 3. The third-order valence-corrected chi connectivity index (χ3v) is 5.36. The largest absolute Gasteiger partial charge is 0.371 e. The number of fused-ring (bicyclic) bond motifs is 1. The molecule has 1 saturated carbocycles. The number of nitriles is 1. The third kappa shape index (κ3) is 2.70. The van der Waals surface area contributed by atoms with Gasteiger partial charge in [0.1, 0.15) is 5.65 Å². The van der Waals surface area contributed by atoms with Crippen LogP contribution in [0.5, 0.6) is 0 Å². The van der Waals surface area contributed by atoms with E-state index in [1.807, 2.05) is 6.07 Å². The minimum Gasteiger partial charge on any atom is -0.371 e. The molecule has 0 aromatic carbocycles. The first kappa shape index (κ1) is 14.6. The standard InChI is InChI=1S/C16H16BClN4O/c18-14-6-15(23)21-16-12(14)5-11(7-20-16)22-4-3-17(9-19)13(8-22)10-1-2-10/h5-7,10,13H,1-4,8H2,(H,20,21,23). The van der Waals surface area contributed by atoms with Crippen molar-refractivity contribution in [2.45, 2.75) is 25.0 Å². The lowest BCUT2D eigenvalue weighted by atomic mass is 9.37. The van der Waals surface area contributed by atoms with Crippen LogP contribution in [0.1, 0.15) is 12.8 Å². The summed E-state index contributed by atoms with van der Waals surface area (Å²) < 4.78 is 0. The predicted molar refractivity (Wildman–Crippen MR) is 92.2 cm³/mol. The molecular weight excluding hydrogens is 310 g/mol. The third-order valence-electron chi connectivity index (χ3n) is 5.05. The van der Waals surface area contributed by atoms with Gasteiger partial charge in [0.15, 0.2) is 0 Å². The molecule has 3 heterocycles. The molecule has 0 amide bonds. The average Bonchev–Trinajstić information content (AvgIpc) is 3.39. The molecule has 0 radical (unpaired) electrons. The summed E-state index contributed by atoms with van der Waals surface area (Å²) >= 11 is 6.19. The van der Waals surface area contributed by atoms with Gasteiger partial charge < -0.3 is 9.88 Å².